The monoisotopic (exact) mass is 249 g/mol. The summed E-state index contributed by atoms with van der Waals surface area (Å²) in [5, 5.41) is 8.66. The van der Waals surface area contributed by atoms with E-state index in [1.807, 2.05) is 6.92 Å². The van der Waals surface area contributed by atoms with Crippen molar-refractivity contribution in [2.24, 2.45) is 0 Å². The Labute approximate surface area is 98.7 Å². The molecule has 0 amide bonds. The molecule has 0 aromatic heterocycles. The lowest BCUT2D eigenvalue weighted by molar-refractivity contribution is 0.286. The second-order valence-electron chi connectivity index (χ2n) is 4.39. The predicted molar refractivity (Wildman–Crippen MR) is 64.7 cm³/mol. The van der Waals surface area contributed by atoms with Gasteiger partial charge in [0, 0.05) is 19.2 Å². The zero-order valence-electron chi connectivity index (χ0n) is 10.1. The SMILES string of the molecule is CCN(C1CCCC1)S(=O)(=O)CCCCO. The third-order valence-electron chi connectivity index (χ3n) is 3.21. The maximum Gasteiger partial charge on any atom is 0.214 e. The highest BCUT2D eigenvalue weighted by molar-refractivity contribution is 7.89. The van der Waals surface area contributed by atoms with Crippen LogP contribution in [0.4, 0.5) is 0 Å². The van der Waals surface area contributed by atoms with Crippen LogP contribution in [-0.2, 0) is 10.0 Å². The average molecular weight is 249 g/mol. The van der Waals surface area contributed by atoms with E-state index in [1.54, 1.807) is 4.31 Å². The highest BCUT2D eigenvalue weighted by atomic mass is 32.2. The van der Waals surface area contributed by atoms with Crippen LogP contribution in [0, 0.1) is 0 Å². The average Bonchev–Trinajstić information content (AvgIpc) is 2.72. The molecule has 0 radical (unpaired) electrons. The largest absolute Gasteiger partial charge is 0.396 e. The second kappa shape index (κ2) is 6.57. The number of sulfonamides is 1. The van der Waals surface area contributed by atoms with Crippen molar-refractivity contribution in [2.45, 2.75) is 51.5 Å². The highest BCUT2D eigenvalue weighted by Gasteiger charge is 2.29. The Kier molecular flexibility index (Phi) is 5.72. The van der Waals surface area contributed by atoms with Crippen LogP contribution in [-0.4, -0.2) is 42.8 Å². The summed E-state index contributed by atoms with van der Waals surface area (Å²) in [4.78, 5) is 0. The molecule has 0 unspecified atom stereocenters. The van der Waals surface area contributed by atoms with Crippen molar-refractivity contribution >= 4 is 10.0 Å². The van der Waals surface area contributed by atoms with Crippen molar-refractivity contribution < 1.29 is 13.5 Å². The minimum atomic E-state index is -3.11. The van der Waals surface area contributed by atoms with Gasteiger partial charge >= 0.3 is 0 Å². The molecule has 96 valence electrons. The summed E-state index contributed by atoms with van der Waals surface area (Å²) >= 11 is 0. The van der Waals surface area contributed by atoms with E-state index < -0.39 is 10.0 Å². The Hall–Kier alpha value is -0.130. The van der Waals surface area contributed by atoms with Gasteiger partial charge in [-0.1, -0.05) is 19.8 Å². The van der Waals surface area contributed by atoms with E-state index in [1.165, 1.54) is 0 Å². The molecule has 16 heavy (non-hydrogen) atoms. The Balaban J connectivity index is 2.55. The van der Waals surface area contributed by atoms with Gasteiger partial charge in [0.2, 0.25) is 10.0 Å². The van der Waals surface area contributed by atoms with Gasteiger partial charge in [-0.2, -0.15) is 4.31 Å². The van der Waals surface area contributed by atoms with Crippen LogP contribution in [0.15, 0.2) is 0 Å². The maximum atomic E-state index is 12.1. The molecule has 1 rings (SSSR count). The molecule has 1 N–H and O–H groups in total. The standard InChI is InChI=1S/C11H23NO3S/c1-2-12(11-7-3-4-8-11)16(14,15)10-6-5-9-13/h11,13H,2-10H2,1H3. The first-order valence-electron chi connectivity index (χ1n) is 6.22. The zero-order valence-corrected chi connectivity index (χ0v) is 10.9. The summed E-state index contributed by atoms with van der Waals surface area (Å²) in [5.41, 5.74) is 0. The molecule has 0 heterocycles. The number of hydrogen-bond acceptors (Lipinski definition) is 3. The van der Waals surface area contributed by atoms with Gasteiger partial charge in [-0.25, -0.2) is 8.42 Å². The number of aliphatic hydroxyl groups is 1. The fourth-order valence-corrected chi connectivity index (χ4v) is 4.25. The van der Waals surface area contributed by atoms with Crippen molar-refractivity contribution in [3.8, 4) is 0 Å². The number of aliphatic hydroxyl groups excluding tert-OH is 1. The Morgan fingerprint density at radius 1 is 1.25 bits per heavy atom. The first-order chi connectivity index (χ1) is 7.61. The Bertz CT molecular complexity index is 284. The van der Waals surface area contributed by atoms with Crippen LogP contribution >= 0.6 is 0 Å². The second-order valence-corrected chi connectivity index (χ2v) is 6.43. The molecule has 0 aliphatic heterocycles. The molecule has 0 bridgehead atoms. The van der Waals surface area contributed by atoms with Gasteiger partial charge in [-0.3, -0.25) is 0 Å². The van der Waals surface area contributed by atoms with Crippen molar-refractivity contribution in [3.63, 3.8) is 0 Å². The zero-order chi connectivity index (χ0) is 12.0. The van der Waals surface area contributed by atoms with Gasteiger partial charge in [0.15, 0.2) is 0 Å². The third-order valence-corrected chi connectivity index (χ3v) is 5.29. The minimum Gasteiger partial charge on any atom is -0.396 e. The van der Waals surface area contributed by atoms with E-state index in [4.69, 9.17) is 5.11 Å². The maximum absolute atomic E-state index is 12.1. The van der Waals surface area contributed by atoms with Crippen LogP contribution in [0.1, 0.15) is 45.4 Å². The first-order valence-corrected chi connectivity index (χ1v) is 7.83. The minimum absolute atomic E-state index is 0.0745. The molecule has 5 heteroatoms. The molecule has 1 aliphatic rings. The summed E-state index contributed by atoms with van der Waals surface area (Å²) in [6.45, 7) is 2.55. The quantitative estimate of drug-likeness (QED) is 0.693. The van der Waals surface area contributed by atoms with Gasteiger partial charge in [-0.15, -0.1) is 0 Å². The van der Waals surface area contributed by atoms with E-state index in [0.717, 1.165) is 25.7 Å². The van der Waals surface area contributed by atoms with Crippen LogP contribution in [0.3, 0.4) is 0 Å². The third kappa shape index (κ3) is 3.71. The molecule has 0 atom stereocenters. The van der Waals surface area contributed by atoms with Crippen molar-refractivity contribution in [1.82, 2.24) is 4.31 Å². The Morgan fingerprint density at radius 3 is 2.38 bits per heavy atom. The van der Waals surface area contributed by atoms with Gasteiger partial charge in [0.05, 0.1) is 5.75 Å². The molecule has 0 aromatic rings. The lowest BCUT2D eigenvalue weighted by atomic mass is 10.2. The predicted octanol–water partition coefficient (Wildman–Crippen LogP) is 1.35. The summed E-state index contributed by atoms with van der Waals surface area (Å²) in [6.07, 6.45) is 5.43. The fraction of sp³-hybridized carbons (Fsp3) is 1.00. The van der Waals surface area contributed by atoms with E-state index in [-0.39, 0.29) is 18.4 Å². The topological polar surface area (TPSA) is 57.6 Å². The van der Waals surface area contributed by atoms with Crippen molar-refractivity contribution in [3.05, 3.63) is 0 Å². The van der Waals surface area contributed by atoms with Gasteiger partial charge in [-0.05, 0) is 25.7 Å². The molecule has 1 fully saturated rings. The first kappa shape index (κ1) is 13.9. The summed E-state index contributed by atoms with van der Waals surface area (Å²) < 4.78 is 25.8. The normalized spacial score (nSPS) is 18.4. The summed E-state index contributed by atoms with van der Waals surface area (Å²) in [7, 11) is -3.11. The molecular formula is C11H23NO3S. The van der Waals surface area contributed by atoms with E-state index in [0.29, 0.717) is 19.4 Å². The lowest BCUT2D eigenvalue weighted by Crippen LogP contribution is -2.40. The van der Waals surface area contributed by atoms with Crippen LogP contribution in [0.25, 0.3) is 0 Å². The highest BCUT2D eigenvalue weighted by Crippen LogP contribution is 2.25. The Morgan fingerprint density at radius 2 is 1.88 bits per heavy atom. The van der Waals surface area contributed by atoms with Gasteiger partial charge in [0.25, 0.3) is 0 Å². The molecular weight excluding hydrogens is 226 g/mol. The van der Waals surface area contributed by atoms with Crippen LogP contribution in [0.2, 0.25) is 0 Å². The number of unbranched alkanes of at least 4 members (excludes halogenated alkanes) is 1. The number of nitrogens with zero attached hydrogens (tertiary/aromatic N) is 1. The summed E-state index contributed by atoms with van der Waals surface area (Å²) in [5.74, 6) is 0.178. The molecule has 0 aromatic carbocycles. The van der Waals surface area contributed by atoms with Gasteiger partial charge < -0.3 is 5.11 Å². The molecule has 0 spiro atoms. The molecule has 1 saturated carbocycles. The van der Waals surface area contributed by atoms with Gasteiger partial charge in [0.1, 0.15) is 0 Å². The van der Waals surface area contributed by atoms with E-state index in [2.05, 4.69) is 0 Å². The lowest BCUT2D eigenvalue weighted by Gasteiger charge is -2.26. The van der Waals surface area contributed by atoms with Crippen LogP contribution < -0.4 is 0 Å². The van der Waals surface area contributed by atoms with E-state index in [9.17, 15) is 8.42 Å². The van der Waals surface area contributed by atoms with Crippen LogP contribution in [0.5, 0.6) is 0 Å². The van der Waals surface area contributed by atoms with Crippen molar-refractivity contribution in [1.29, 1.82) is 0 Å². The smallest absolute Gasteiger partial charge is 0.214 e. The molecule has 0 saturated heterocycles. The molecule has 4 nitrogen and oxygen atoms in total. The number of hydrogen-bond donors (Lipinski definition) is 1. The number of rotatable bonds is 7. The van der Waals surface area contributed by atoms with E-state index >= 15 is 0 Å². The van der Waals surface area contributed by atoms with Crippen molar-refractivity contribution in [2.75, 3.05) is 18.9 Å². The fourth-order valence-electron chi connectivity index (χ4n) is 2.39. The molecule has 1 aliphatic carbocycles. The summed E-state index contributed by atoms with van der Waals surface area (Å²) in [6, 6.07) is 0.226.